The molecule has 116 valence electrons. The molecule has 0 saturated heterocycles. The zero-order valence-electron chi connectivity index (χ0n) is 12.8. The monoisotopic (exact) mass is 353 g/mol. The summed E-state index contributed by atoms with van der Waals surface area (Å²) in [5, 5.41) is 13.5. The number of carbonyl (C=O) groups excluding carboxylic acids is 1. The molecule has 0 unspecified atom stereocenters. The van der Waals surface area contributed by atoms with Crippen LogP contribution in [-0.4, -0.2) is 23.2 Å². The van der Waals surface area contributed by atoms with Crippen LogP contribution in [0.5, 0.6) is 0 Å². The summed E-state index contributed by atoms with van der Waals surface area (Å²) in [5.74, 6) is 0.597. The SMILES string of the molecule is CCC1CCC(O)(CNC(=O)c2ccc(C)cc2Br)CC1. The third-order valence-corrected chi connectivity index (χ3v) is 5.22. The Balaban J connectivity index is 1.92. The Morgan fingerprint density at radius 2 is 2.10 bits per heavy atom. The van der Waals surface area contributed by atoms with Crippen LogP contribution < -0.4 is 5.32 Å². The van der Waals surface area contributed by atoms with Crippen molar-refractivity contribution in [1.82, 2.24) is 5.32 Å². The lowest BCUT2D eigenvalue weighted by molar-refractivity contribution is -0.00787. The van der Waals surface area contributed by atoms with E-state index >= 15 is 0 Å². The Kier molecular flexibility index (Phi) is 5.44. The van der Waals surface area contributed by atoms with Crippen molar-refractivity contribution in [2.45, 2.75) is 51.6 Å². The van der Waals surface area contributed by atoms with E-state index in [1.54, 1.807) is 0 Å². The third-order valence-electron chi connectivity index (χ3n) is 4.56. The number of aliphatic hydroxyl groups is 1. The van der Waals surface area contributed by atoms with Gasteiger partial charge in [-0.25, -0.2) is 0 Å². The number of rotatable bonds is 4. The topological polar surface area (TPSA) is 49.3 Å². The van der Waals surface area contributed by atoms with Crippen LogP contribution >= 0.6 is 15.9 Å². The fraction of sp³-hybridized carbons (Fsp3) is 0.588. The lowest BCUT2D eigenvalue weighted by Gasteiger charge is -2.35. The van der Waals surface area contributed by atoms with Crippen LogP contribution in [0.1, 0.15) is 54.9 Å². The molecule has 0 aliphatic heterocycles. The number of hydrogen-bond acceptors (Lipinski definition) is 2. The molecule has 1 aliphatic carbocycles. The first-order valence-corrected chi connectivity index (χ1v) is 8.49. The highest BCUT2D eigenvalue weighted by molar-refractivity contribution is 9.10. The molecular formula is C17H24BrNO2. The van der Waals surface area contributed by atoms with Gasteiger partial charge in [-0.1, -0.05) is 19.4 Å². The average Bonchev–Trinajstić information content (AvgIpc) is 2.46. The highest BCUT2D eigenvalue weighted by Gasteiger charge is 2.33. The van der Waals surface area contributed by atoms with Crippen molar-refractivity contribution in [3.8, 4) is 0 Å². The van der Waals surface area contributed by atoms with Gasteiger partial charge in [0.15, 0.2) is 0 Å². The molecule has 0 spiro atoms. The molecule has 1 aliphatic rings. The minimum Gasteiger partial charge on any atom is -0.388 e. The summed E-state index contributed by atoms with van der Waals surface area (Å²) in [7, 11) is 0. The van der Waals surface area contributed by atoms with Crippen LogP contribution in [0.2, 0.25) is 0 Å². The molecule has 21 heavy (non-hydrogen) atoms. The van der Waals surface area contributed by atoms with E-state index in [1.807, 2.05) is 25.1 Å². The summed E-state index contributed by atoms with van der Waals surface area (Å²) in [4.78, 5) is 12.2. The van der Waals surface area contributed by atoms with E-state index in [2.05, 4.69) is 28.2 Å². The Bertz CT molecular complexity index is 508. The maximum atomic E-state index is 12.2. The normalized spacial score (nSPS) is 25.6. The number of amides is 1. The van der Waals surface area contributed by atoms with E-state index in [9.17, 15) is 9.90 Å². The van der Waals surface area contributed by atoms with Crippen molar-refractivity contribution in [3.05, 3.63) is 33.8 Å². The number of benzene rings is 1. The molecule has 1 fully saturated rings. The fourth-order valence-corrected chi connectivity index (χ4v) is 3.62. The molecule has 3 nitrogen and oxygen atoms in total. The van der Waals surface area contributed by atoms with Gasteiger partial charge in [0.05, 0.1) is 11.2 Å². The summed E-state index contributed by atoms with van der Waals surface area (Å²) in [5.41, 5.74) is 0.986. The first kappa shape index (κ1) is 16.5. The maximum Gasteiger partial charge on any atom is 0.252 e. The first-order chi connectivity index (χ1) is 9.93. The lowest BCUT2D eigenvalue weighted by atomic mass is 9.78. The molecule has 2 N–H and O–H groups in total. The quantitative estimate of drug-likeness (QED) is 0.864. The van der Waals surface area contributed by atoms with Crippen LogP contribution in [0, 0.1) is 12.8 Å². The molecule has 1 saturated carbocycles. The van der Waals surface area contributed by atoms with Gasteiger partial charge in [-0.15, -0.1) is 0 Å². The van der Waals surface area contributed by atoms with Crippen molar-refractivity contribution < 1.29 is 9.90 Å². The number of nitrogens with one attached hydrogen (secondary N) is 1. The number of halogens is 1. The molecule has 1 aromatic rings. The van der Waals surface area contributed by atoms with E-state index in [0.29, 0.717) is 12.1 Å². The minimum absolute atomic E-state index is 0.132. The minimum atomic E-state index is -0.738. The summed E-state index contributed by atoms with van der Waals surface area (Å²) in [6.45, 7) is 4.52. The zero-order chi connectivity index (χ0) is 15.5. The van der Waals surface area contributed by atoms with E-state index < -0.39 is 5.60 Å². The number of hydrogen-bond donors (Lipinski definition) is 2. The average molecular weight is 354 g/mol. The predicted molar refractivity (Wildman–Crippen MR) is 88.4 cm³/mol. The van der Waals surface area contributed by atoms with Gasteiger partial charge >= 0.3 is 0 Å². The summed E-state index contributed by atoms with van der Waals surface area (Å²) >= 11 is 3.42. The van der Waals surface area contributed by atoms with Crippen molar-refractivity contribution in [2.75, 3.05) is 6.54 Å². The molecule has 4 heteroatoms. The van der Waals surface area contributed by atoms with Crippen LogP contribution in [0.15, 0.2) is 22.7 Å². The smallest absolute Gasteiger partial charge is 0.252 e. The van der Waals surface area contributed by atoms with Gasteiger partial charge in [0.25, 0.3) is 5.91 Å². The van der Waals surface area contributed by atoms with Crippen molar-refractivity contribution in [3.63, 3.8) is 0 Å². The van der Waals surface area contributed by atoms with Gasteiger partial charge in [-0.3, -0.25) is 4.79 Å². The summed E-state index contributed by atoms with van der Waals surface area (Å²) in [6.07, 6.45) is 4.84. The van der Waals surface area contributed by atoms with E-state index in [-0.39, 0.29) is 5.91 Å². The van der Waals surface area contributed by atoms with Gasteiger partial charge in [-0.2, -0.15) is 0 Å². The zero-order valence-corrected chi connectivity index (χ0v) is 14.4. The molecular weight excluding hydrogens is 330 g/mol. The highest BCUT2D eigenvalue weighted by atomic mass is 79.9. The van der Waals surface area contributed by atoms with E-state index in [4.69, 9.17) is 0 Å². The van der Waals surface area contributed by atoms with Crippen LogP contribution in [0.4, 0.5) is 0 Å². The molecule has 1 aromatic carbocycles. The van der Waals surface area contributed by atoms with Crippen molar-refractivity contribution in [2.24, 2.45) is 5.92 Å². The largest absolute Gasteiger partial charge is 0.388 e. The second-order valence-corrected chi connectivity index (χ2v) is 7.10. The van der Waals surface area contributed by atoms with Crippen LogP contribution in [-0.2, 0) is 0 Å². The molecule has 2 rings (SSSR count). The molecule has 0 radical (unpaired) electrons. The van der Waals surface area contributed by atoms with E-state index in [1.165, 1.54) is 6.42 Å². The second kappa shape index (κ2) is 6.93. The predicted octanol–water partition coefficient (Wildman–Crippen LogP) is 3.82. The number of aryl methyl sites for hydroxylation is 1. The molecule has 0 atom stereocenters. The first-order valence-electron chi connectivity index (χ1n) is 7.70. The summed E-state index contributed by atoms with van der Waals surface area (Å²) < 4.78 is 0.793. The molecule has 1 amide bonds. The summed E-state index contributed by atoms with van der Waals surface area (Å²) in [6, 6.07) is 5.66. The van der Waals surface area contributed by atoms with Gasteiger partial charge in [0.2, 0.25) is 0 Å². The fourth-order valence-electron chi connectivity index (χ4n) is 2.94. The Morgan fingerprint density at radius 1 is 1.43 bits per heavy atom. The highest BCUT2D eigenvalue weighted by Crippen LogP contribution is 2.33. The van der Waals surface area contributed by atoms with Gasteiger partial charge in [0.1, 0.15) is 0 Å². The van der Waals surface area contributed by atoms with Crippen molar-refractivity contribution >= 4 is 21.8 Å². The maximum absolute atomic E-state index is 12.2. The standard InChI is InChI=1S/C17H24BrNO2/c1-3-13-6-8-17(21,9-7-13)11-19-16(20)14-5-4-12(2)10-15(14)18/h4-5,10,13,21H,3,6-9,11H2,1-2H3,(H,19,20). The Hall–Kier alpha value is -0.870. The molecule has 0 aromatic heterocycles. The second-order valence-electron chi connectivity index (χ2n) is 6.24. The third kappa shape index (κ3) is 4.30. The Morgan fingerprint density at radius 3 is 2.67 bits per heavy atom. The number of carbonyl (C=O) groups is 1. The van der Waals surface area contributed by atoms with Gasteiger partial charge < -0.3 is 10.4 Å². The lowest BCUT2D eigenvalue weighted by Crippen LogP contribution is -2.45. The van der Waals surface area contributed by atoms with Gasteiger partial charge in [-0.05, 0) is 72.2 Å². The van der Waals surface area contributed by atoms with Crippen molar-refractivity contribution in [1.29, 1.82) is 0 Å². The van der Waals surface area contributed by atoms with Gasteiger partial charge in [0, 0.05) is 11.0 Å². The molecule has 0 bridgehead atoms. The van der Waals surface area contributed by atoms with Crippen LogP contribution in [0.3, 0.4) is 0 Å². The molecule has 0 heterocycles. The Labute approximate surface area is 135 Å². The van der Waals surface area contributed by atoms with Crippen LogP contribution in [0.25, 0.3) is 0 Å². The van der Waals surface area contributed by atoms with E-state index in [0.717, 1.165) is 41.6 Å².